The van der Waals surface area contributed by atoms with Crippen LogP contribution < -0.4 is 10.6 Å². The van der Waals surface area contributed by atoms with E-state index in [-0.39, 0.29) is 11.9 Å². The van der Waals surface area contributed by atoms with Crippen LogP contribution >= 0.6 is 0 Å². The minimum Gasteiger partial charge on any atom is -0.409 e. The third-order valence-corrected chi connectivity index (χ3v) is 2.67. The van der Waals surface area contributed by atoms with Crippen molar-refractivity contribution in [3.05, 3.63) is 18.1 Å². The fourth-order valence-electron chi connectivity index (χ4n) is 1.72. The monoisotopic (exact) mass is 237 g/mol. The fourth-order valence-corrected chi connectivity index (χ4v) is 1.72. The van der Waals surface area contributed by atoms with Crippen molar-refractivity contribution in [2.24, 2.45) is 10.9 Å². The lowest BCUT2D eigenvalue weighted by Gasteiger charge is -2.33. The van der Waals surface area contributed by atoms with Crippen molar-refractivity contribution < 1.29 is 9.94 Å². The minimum absolute atomic E-state index is 0.0425. The second kappa shape index (κ2) is 4.96. The van der Waals surface area contributed by atoms with E-state index in [1.807, 2.05) is 0 Å². The molecule has 1 aromatic rings. The summed E-state index contributed by atoms with van der Waals surface area (Å²) in [5, 5.41) is 11.4. The summed E-state index contributed by atoms with van der Waals surface area (Å²) in [4.78, 5) is 10.5. The van der Waals surface area contributed by atoms with Gasteiger partial charge in [-0.05, 0) is 6.92 Å². The zero-order chi connectivity index (χ0) is 12.3. The highest BCUT2D eigenvalue weighted by Crippen LogP contribution is 2.15. The molecule has 1 aliphatic heterocycles. The molecule has 0 saturated carbocycles. The molecule has 0 bridgehead atoms. The van der Waals surface area contributed by atoms with E-state index < -0.39 is 0 Å². The maximum atomic E-state index is 8.52. The molecule has 0 amide bonds. The number of ether oxygens (including phenoxy) is 1. The zero-order valence-corrected chi connectivity index (χ0v) is 9.58. The van der Waals surface area contributed by atoms with Crippen molar-refractivity contribution in [2.75, 3.05) is 24.7 Å². The predicted octanol–water partition coefficient (Wildman–Crippen LogP) is -0.204. The molecule has 7 nitrogen and oxygen atoms in total. The third-order valence-electron chi connectivity index (χ3n) is 2.67. The third kappa shape index (κ3) is 2.44. The Balaban J connectivity index is 2.17. The molecule has 1 saturated heterocycles. The Morgan fingerprint density at radius 3 is 3.00 bits per heavy atom. The Bertz CT molecular complexity index is 406. The maximum absolute atomic E-state index is 8.52. The molecule has 0 aliphatic carbocycles. The van der Waals surface area contributed by atoms with Gasteiger partial charge >= 0.3 is 0 Å². The summed E-state index contributed by atoms with van der Waals surface area (Å²) in [5.41, 5.74) is 5.77. The molecule has 7 heteroatoms. The molecule has 0 aromatic carbocycles. The summed E-state index contributed by atoms with van der Waals surface area (Å²) in [5.74, 6) is 0.731. The van der Waals surface area contributed by atoms with Crippen molar-refractivity contribution >= 4 is 11.7 Å². The minimum atomic E-state index is -0.0425. The van der Waals surface area contributed by atoms with Crippen LogP contribution in [-0.2, 0) is 4.74 Å². The van der Waals surface area contributed by atoms with Gasteiger partial charge in [0, 0.05) is 6.54 Å². The molecule has 92 valence electrons. The van der Waals surface area contributed by atoms with Crippen molar-refractivity contribution in [1.29, 1.82) is 0 Å². The molecule has 1 unspecified atom stereocenters. The molecule has 1 aromatic heterocycles. The summed E-state index contributed by atoms with van der Waals surface area (Å²) in [6.07, 6.45) is 3.11. The summed E-state index contributed by atoms with van der Waals surface area (Å²) >= 11 is 0. The summed E-state index contributed by atoms with van der Waals surface area (Å²) in [7, 11) is 0. The highest BCUT2D eigenvalue weighted by atomic mass is 16.5. The molecule has 2 heterocycles. The van der Waals surface area contributed by atoms with Gasteiger partial charge in [-0.1, -0.05) is 5.16 Å². The van der Waals surface area contributed by atoms with Crippen LogP contribution in [-0.4, -0.2) is 46.8 Å². The number of anilines is 1. The topological polar surface area (TPSA) is 96.9 Å². The molecule has 0 spiro atoms. The number of rotatable bonds is 2. The smallest absolute Gasteiger partial charge is 0.190 e. The fraction of sp³-hybridized carbons (Fsp3) is 0.500. The first kappa shape index (κ1) is 11.6. The van der Waals surface area contributed by atoms with E-state index >= 15 is 0 Å². The van der Waals surface area contributed by atoms with Crippen LogP contribution in [0.4, 0.5) is 5.82 Å². The van der Waals surface area contributed by atoms with Gasteiger partial charge in [0.15, 0.2) is 5.84 Å². The molecule has 1 atom stereocenters. The number of aromatic nitrogens is 2. The van der Waals surface area contributed by atoms with E-state index in [1.54, 1.807) is 6.20 Å². The van der Waals surface area contributed by atoms with Crippen LogP contribution in [0.25, 0.3) is 0 Å². The normalized spacial score (nSPS) is 21.6. The van der Waals surface area contributed by atoms with E-state index in [0.717, 1.165) is 12.4 Å². The van der Waals surface area contributed by atoms with Crippen LogP contribution in [0.2, 0.25) is 0 Å². The standard InChI is InChI=1S/C10H15N5O2/c1-7-6-17-3-2-15(7)9-5-12-8(4-13-9)10(11)14-16/h4-5,7,16H,2-3,6H2,1H3,(H2,11,14). The van der Waals surface area contributed by atoms with Crippen LogP contribution in [0.5, 0.6) is 0 Å². The van der Waals surface area contributed by atoms with E-state index in [2.05, 4.69) is 26.9 Å². The Kier molecular flexibility index (Phi) is 3.38. The molecule has 1 fully saturated rings. The van der Waals surface area contributed by atoms with Gasteiger partial charge in [0.05, 0.1) is 31.6 Å². The number of hydrogen-bond donors (Lipinski definition) is 2. The number of hydrogen-bond acceptors (Lipinski definition) is 6. The van der Waals surface area contributed by atoms with E-state index in [1.165, 1.54) is 6.20 Å². The van der Waals surface area contributed by atoms with Gasteiger partial charge in [0.1, 0.15) is 11.5 Å². The van der Waals surface area contributed by atoms with Crippen LogP contribution in [0.1, 0.15) is 12.6 Å². The van der Waals surface area contributed by atoms with Crippen LogP contribution in [0.3, 0.4) is 0 Å². The van der Waals surface area contributed by atoms with E-state index in [4.69, 9.17) is 15.7 Å². The molecule has 2 rings (SSSR count). The van der Waals surface area contributed by atoms with Gasteiger partial charge in [0.2, 0.25) is 0 Å². The lowest BCUT2D eigenvalue weighted by atomic mass is 10.2. The van der Waals surface area contributed by atoms with Crippen molar-refractivity contribution in [3.8, 4) is 0 Å². The highest BCUT2D eigenvalue weighted by Gasteiger charge is 2.20. The summed E-state index contributed by atoms with van der Waals surface area (Å²) in [6, 6.07) is 0.271. The van der Waals surface area contributed by atoms with Crippen molar-refractivity contribution in [3.63, 3.8) is 0 Å². The second-order valence-corrected chi connectivity index (χ2v) is 3.86. The average Bonchev–Trinajstić information content (AvgIpc) is 2.39. The quantitative estimate of drug-likeness (QED) is 0.320. The number of amidine groups is 1. The van der Waals surface area contributed by atoms with Crippen molar-refractivity contribution in [2.45, 2.75) is 13.0 Å². The Morgan fingerprint density at radius 2 is 2.41 bits per heavy atom. The number of oxime groups is 1. The lowest BCUT2D eigenvalue weighted by Crippen LogP contribution is -2.44. The molecular weight excluding hydrogens is 222 g/mol. The number of nitrogens with zero attached hydrogens (tertiary/aromatic N) is 4. The number of nitrogens with two attached hydrogens (primary N) is 1. The molecular formula is C10H15N5O2. The van der Waals surface area contributed by atoms with Gasteiger partial charge in [-0.2, -0.15) is 0 Å². The zero-order valence-electron chi connectivity index (χ0n) is 9.58. The first-order chi connectivity index (χ1) is 8.22. The molecule has 0 radical (unpaired) electrons. The predicted molar refractivity (Wildman–Crippen MR) is 62.2 cm³/mol. The maximum Gasteiger partial charge on any atom is 0.190 e. The van der Waals surface area contributed by atoms with Gasteiger partial charge < -0.3 is 20.6 Å². The van der Waals surface area contributed by atoms with Gasteiger partial charge in [-0.25, -0.2) is 9.97 Å². The van der Waals surface area contributed by atoms with Gasteiger partial charge in [-0.3, -0.25) is 0 Å². The Labute approximate surface area is 98.9 Å². The van der Waals surface area contributed by atoms with Crippen molar-refractivity contribution in [1.82, 2.24) is 9.97 Å². The summed E-state index contributed by atoms with van der Waals surface area (Å²) < 4.78 is 5.35. The Morgan fingerprint density at radius 1 is 1.59 bits per heavy atom. The van der Waals surface area contributed by atoms with E-state index in [9.17, 15) is 0 Å². The molecule has 1 aliphatic rings. The van der Waals surface area contributed by atoms with E-state index in [0.29, 0.717) is 18.9 Å². The van der Waals surface area contributed by atoms with Gasteiger partial charge in [-0.15, -0.1) is 0 Å². The Hall–Kier alpha value is -1.89. The number of morpholine rings is 1. The highest BCUT2D eigenvalue weighted by molar-refractivity contribution is 5.94. The summed E-state index contributed by atoms with van der Waals surface area (Å²) in [6.45, 7) is 4.23. The SMILES string of the molecule is CC1COCCN1c1cnc(C(N)=NO)cn1. The first-order valence-corrected chi connectivity index (χ1v) is 5.36. The lowest BCUT2D eigenvalue weighted by molar-refractivity contribution is 0.0985. The first-order valence-electron chi connectivity index (χ1n) is 5.36. The second-order valence-electron chi connectivity index (χ2n) is 3.86. The largest absolute Gasteiger partial charge is 0.409 e. The molecule has 17 heavy (non-hydrogen) atoms. The van der Waals surface area contributed by atoms with Crippen LogP contribution in [0.15, 0.2) is 17.5 Å². The van der Waals surface area contributed by atoms with Crippen LogP contribution in [0, 0.1) is 0 Å². The average molecular weight is 237 g/mol. The molecule has 3 N–H and O–H groups in total. The van der Waals surface area contributed by atoms with Gasteiger partial charge in [0.25, 0.3) is 0 Å².